The Kier molecular flexibility index (Phi) is 4.36. The molecule has 2 rings (SSSR count). The molecule has 0 saturated carbocycles. The van der Waals surface area contributed by atoms with Crippen LogP contribution in [0.25, 0.3) is 0 Å². The largest absolute Gasteiger partial charge is 0.350 e. The summed E-state index contributed by atoms with van der Waals surface area (Å²) < 4.78 is 1.76. The summed E-state index contributed by atoms with van der Waals surface area (Å²) in [7, 11) is 1.97. The Morgan fingerprint density at radius 1 is 1.56 bits per heavy atom. The summed E-state index contributed by atoms with van der Waals surface area (Å²) in [4.78, 5) is 18.7. The predicted octanol–water partition coefficient (Wildman–Crippen LogP) is 0.841. The molecule has 18 heavy (non-hydrogen) atoms. The number of likely N-dealkylation sites (N-methyl/N-ethyl adjacent to an activating group) is 1. The predicted molar refractivity (Wildman–Crippen MR) is 73.1 cm³/mol. The van der Waals surface area contributed by atoms with E-state index in [9.17, 15) is 4.79 Å². The van der Waals surface area contributed by atoms with E-state index >= 15 is 0 Å². The Morgan fingerprint density at radius 2 is 2.39 bits per heavy atom. The van der Waals surface area contributed by atoms with Crippen LogP contribution in [-0.4, -0.2) is 35.7 Å². The van der Waals surface area contributed by atoms with Gasteiger partial charge in [0.1, 0.15) is 0 Å². The SMILES string of the molecule is CCCn1ccnc(N2CCCC(NC)C2)c1=O. The first-order valence-electron chi connectivity index (χ1n) is 6.74. The van der Waals surface area contributed by atoms with Gasteiger partial charge in [0.15, 0.2) is 5.82 Å². The number of piperidine rings is 1. The van der Waals surface area contributed by atoms with Gasteiger partial charge in [-0.15, -0.1) is 0 Å². The summed E-state index contributed by atoms with van der Waals surface area (Å²) in [5.74, 6) is 0.603. The van der Waals surface area contributed by atoms with Crippen LogP contribution in [0.4, 0.5) is 5.82 Å². The van der Waals surface area contributed by atoms with Gasteiger partial charge in [0, 0.05) is 38.1 Å². The van der Waals surface area contributed by atoms with Crippen molar-refractivity contribution in [3.8, 4) is 0 Å². The zero-order chi connectivity index (χ0) is 13.0. The number of rotatable bonds is 4. The number of hydrogen-bond acceptors (Lipinski definition) is 4. The minimum atomic E-state index is 0.0381. The van der Waals surface area contributed by atoms with E-state index in [0.29, 0.717) is 11.9 Å². The molecule has 5 nitrogen and oxygen atoms in total. The second-order valence-electron chi connectivity index (χ2n) is 4.82. The van der Waals surface area contributed by atoms with Crippen molar-refractivity contribution in [2.45, 2.75) is 38.8 Å². The molecule has 0 aliphatic carbocycles. The van der Waals surface area contributed by atoms with Crippen molar-refractivity contribution in [3.05, 3.63) is 22.7 Å². The molecule has 1 N–H and O–H groups in total. The van der Waals surface area contributed by atoms with Gasteiger partial charge in [-0.05, 0) is 26.3 Å². The molecule has 0 amide bonds. The van der Waals surface area contributed by atoms with Crippen LogP contribution >= 0.6 is 0 Å². The molecule has 1 unspecified atom stereocenters. The summed E-state index contributed by atoms with van der Waals surface area (Å²) in [5, 5.41) is 3.28. The Hall–Kier alpha value is -1.36. The minimum absolute atomic E-state index is 0.0381. The van der Waals surface area contributed by atoms with E-state index in [2.05, 4.69) is 22.1 Å². The number of aromatic nitrogens is 2. The van der Waals surface area contributed by atoms with Gasteiger partial charge in [-0.25, -0.2) is 4.98 Å². The molecular formula is C13H22N4O. The van der Waals surface area contributed by atoms with Crippen LogP contribution in [0.2, 0.25) is 0 Å². The summed E-state index contributed by atoms with van der Waals surface area (Å²) in [6.07, 6.45) is 6.74. The highest BCUT2D eigenvalue weighted by Gasteiger charge is 2.21. The Balaban J connectivity index is 2.22. The Bertz CT molecular complexity index is 443. The summed E-state index contributed by atoms with van der Waals surface area (Å²) in [5.41, 5.74) is 0.0381. The van der Waals surface area contributed by atoms with Crippen molar-refractivity contribution in [3.63, 3.8) is 0 Å². The lowest BCUT2D eigenvalue weighted by atomic mass is 10.1. The van der Waals surface area contributed by atoms with Gasteiger partial charge >= 0.3 is 0 Å². The number of nitrogens with one attached hydrogen (secondary N) is 1. The second kappa shape index (κ2) is 6.00. The lowest BCUT2D eigenvalue weighted by molar-refractivity contribution is 0.445. The molecule has 0 radical (unpaired) electrons. The molecule has 0 aromatic carbocycles. The van der Waals surface area contributed by atoms with Crippen LogP contribution in [0, 0.1) is 0 Å². The molecule has 5 heteroatoms. The van der Waals surface area contributed by atoms with E-state index in [1.54, 1.807) is 17.0 Å². The average molecular weight is 250 g/mol. The number of hydrogen-bond donors (Lipinski definition) is 1. The normalized spacial score (nSPS) is 20.1. The molecule has 1 aliphatic heterocycles. The molecule has 1 fully saturated rings. The minimum Gasteiger partial charge on any atom is -0.350 e. The summed E-state index contributed by atoms with van der Waals surface area (Å²) >= 11 is 0. The molecule has 2 heterocycles. The monoisotopic (exact) mass is 250 g/mol. The lowest BCUT2D eigenvalue weighted by Crippen LogP contribution is -2.47. The van der Waals surface area contributed by atoms with Crippen molar-refractivity contribution in [1.29, 1.82) is 0 Å². The highest BCUT2D eigenvalue weighted by atomic mass is 16.1. The van der Waals surface area contributed by atoms with Crippen molar-refractivity contribution in [2.75, 3.05) is 25.0 Å². The zero-order valence-corrected chi connectivity index (χ0v) is 11.2. The zero-order valence-electron chi connectivity index (χ0n) is 11.2. The summed E-state index contributed by atoms with van der Waals surface area (Å²) in [6.45, 7) is 4.63. The van der Waals surface area contributed by atoms with Gasteiger partial charge in [0.25, 0.3) is 5.56 Å². The van der Waals surface area contributed by atoms with Crippen LogP contribution in [-0.2, 0) is 6.54 Å². The second-order valence-corrected chi connectivity index (χ2v) is 4.82. The Morgan fingerprint density at radius 3 is 3.11 bits per heavy atom. The van der Waals surface area contributed by atoms with Gasteiger partial charge in [-0.3, -0.25) is 4.79 Å². The molecule has 1 atom stereocenters. The standard InChI is InChI=1S/C13H22N4O/c1-3-7-16-9-6-15-12(13(16)18)17-8-4-5-11(10-17)14-2/h6,9,11,14H,3-5,7-8,10H2,1-2H3. The molecule has 1 saturated heterocycles. The number of anilines is 1. The van der Waals surface area contributed by atoms with E-state index in [0.717, 1.165) is 32.5 Å². The maximum Gasteiger partial charge on any atom is 0.293 e. The quantitative estimate of drug-likeness (QED) is 0.860. The third-order valence-electron chi connectivity index (χ3n) is 3.49. The first kappa shape index (κ1) is 13.1. The maximum absolute atomic E-state index is 12.3. The van der Waals surface area contributed by atoms with E-state index in [4.69, 9.17) is 0 Å². The van der Waals surface area contributed by atoms with Gasteiger partial charge in [0.05, 0.1) is 0 Å². The Labute approximate surface area is 108 Å². The molecule has 1 aliphatic rings. The van der Waals surface area contributed by atoms with Gasteiger partial charge in [-0.2, -0.15) is 0 Å². The fourth-order valence-electron chi connectivity index (χ4n) is 2.47. The van der Waals surface area contributed by atoms with Gasteiger partial charge < -0.3 is 14.8 Å². The highest BCUT2D eigenvalue weighted by Crippen LogP contribution is 2.14. The third-order valence-corrected chi connectivity index (χ3v) is 3.49. The number of nitrogens with zero attached hydrogens (tertiary/aromatic N) is 3. The number of aryl methyl sites for hydroxylation is 1. The first-order chi connectivity index (χ1) is 8.76. The van der Waals surface area contributed by atoms with Crippen LogP contribution in [0.3, 0.4) is 0 Å². The van der Waals surface area contributed by atoms with E-state index in [-0.39, 0.29) is 5.56 Å². The average Bonchev–Trinajstić information content (AvgIpc) is 2.41. The fourth-order valence-corrected chi connectivity index (χ4v) is 2.47. The first-order valence-corrected chi connectivity index (χ1v) is 6.74. The fraction of sp³-hybridized carbons (Fsp3) is 0.692. The van der Waals surface area contributed by atoms with E-state index in [1.807, 2.05) is 7.05 Å². The lowest BCUT2D eigenvalue weighted by Gasteiger charge is -2.33. The molecule has 100 valence electrons. The van der Waals surface area contributed by atoms with Crippen molar-refractivity contribution < 1.29 is 0 Å². The van der Waals surface area contributed by atoms with E-state index < -0.39 is 0 Å². The van der Waals surface area contributed by atoms with Crippen LogP contribution in [0.5, 0.6) is 0 Å². The van der Waals surface area contributed by atoms with Crippen LogP contribution in [0.1, 0.15) is 26.2 Å². The maximum atomic E-state index is 12.3. The molecular weight excluding hydrogens is 228 g/mol. The topological polar surface area (TPSA) is 50.2 Å². The van der Waals surface area contributed by atoms with Crippen LogP contribution in [0.15, 0.2) is 17.2 Å². The molecule has 1 aromatic heterocycles. The van der Waals surface area contributed by atoms with Gasteiger partial charge in [-0.1, -0.05) is 6.92 Å². The van der Waals surface area contributed by atoms with E-state index in [1.165, 1.54) is 6.42 Å². The van der Waals surface area contributed by atoms with Crippen molar-refractivity contribution >= 4 is 5.82 Å². The highest BCUT2D eigenvalue weighted by molar-refractivity contribution is 5.36. The molecule has 1 aromatic rings. The van der Waals surface area contributed by atoms with Gasteiger partial charge in [0.2, 0.25) is 0 Å². The third kappa shape index (κ3) is 2.72. The van der Waals surface area contributed by atoms with Crippen molar-refractivity contribution in [2.24, 2.45) is 0 Å². The summed E-state index contributed by atoms with van der Waals surface area (Å²) in [6, 6.07) is 0.458. The smallest absolute Gasteiger partial charge is 0.293 e. The van der Waals surface area contributed by atoms with Crippen LogP contribution < -0.4 is 15.8 Å². The van der Waals surface area contributed by atoms with Crippen molar-refractivity contribution in [1.82, 2.24) is 14.9 Å². The molecule has 0 spiro atoms. The molecule has 0 bridgehead atoms.